The Hall–Kier alpha value is -6.38. The van der Waals surface area contributed by atoms with Gasteiger partial charge in [0.15, 0.2) is 0 Å². The molecule has 238 valence electrons. The van der Waals surface area contributed by atoms with Crippen molar-refractivity contribution in [1.82, 2.24) is 4.57 Å². The smallest absolute Gasteiger partial charge is 0.0541 e. The fourth-order valence-corrected chi connectivity index (χ4v) is 7.36. The van der Waals surface area contributed by atoms with Gasteiger partial charge in [0.2, 0.25) is 0 Å². The molecule has 0 saturated carbocycles. The van der Waals surface area contributed by atoms with Gasteiger partial charge in [0.1, 0.15) is 0 Å². The van der Waals surface area contributed by atoms with Crippen LogP contribution in [0.25, 0.3) is 55.3 Å². The normalized spacial score (nSPS) is 12.7. The molecule has 50 heavy (non-hydrogen) atoms. The molecular formula is C48H36N2. The van der Waals surface area contributed by atoms with E-state index < -0.39 is 0 Å². The largest absolute Gasteiger partial charge is 0.311 e. The molecule has 1 aliphatic rings. The van der Waals surface area contributed by atoms with E-state index in [1.165, 1.54) is 55.2 Å². The monoisotopic (exact) mass is 640 g/mol. The summed E-state index contributed by atoms with van der Waals surface area (Å²) in [6.07, 6.45) is 8.84. The van der Waals surface area contributed by atoms with Gasteiger partial charge < -0.3 is 9.47 Å². The summed E-state index contributed by atoms with van der Waals surface area (Å²) in [5.41, 5.74) is 14.5. The van der Waals surface area contributed by atoms with E-state index in [4.69, 9.17) is 0 Å². The minimum absolute atomic E-state index is 1.08. The van der Waals surface area contributed by atoms with E-state index in [2.05, 4.69) is 204 Å². The van der Waals surface area contributed by atoms with Gasteiger partial charge >= 0.3 is 0 Å². The molecule has 2 heteroatoms. The topological polar surface area (TPSA) is 8.17 Å². The van der Waals surface area contributed by atoms with Gasteiger partial charge in [-0.1, -0.05) is 133 Å². The number of hydrogen-bond acceptors (Lipinski definition) is 1. The Balaban J connectivity index is 1.05. The Morgan fingerprint density at radius 2 is 0.840 bits per heavy atom. The van der Waals surface area contributed by atoms with Crippen LogP contribution in [0.1, 0.15) is 18.4 Å². The van der Waals surface area contributed by atoms with E-state index in [9.17, 15) is 0 Å². The van der Waals surface area contributed by atoms with Crippen molar-refractivity contribution >= 4 is 44.4 Å². The standard InChI is InChI=1S/C48H36N2/c1-3-11-35(12-4-1)37-19-27-41(28-20-37)49(42-29-21-38(22-30-42)36-13-5-2-6-14-36)43-31-23-39(24-32-43)40-25-33-44(34-26-40)50-47-17-9-7-15-45(47)46-16-8-10-18-48(46)50/h1-5,7-13,15-34H,6,14H2. The average molecular weight is 641 g/mol. The number of benzene rings is 7. The highest BCUT2D eigenvalue weighted by Crippen LogP contribution is 2.38. The first-order chi connectivity index (χ1) is 24.8. The fraction of sp³-hybridized carbons (Fsp3) is 0.0417. The lowest BCUT2D eigenvalue weighted by atomic mass is 9.97. The molecule has 0 aliphatic heterocycles. The molecule has 0 bridgehead atoms. The highest BCUT2D eigenvalue weighted by Gasteiger charge is 2.15. The molecule has 1 aromatic heterocycles. The first kappa shape index (κ1) is 29.7. The van der Waals surface area contributed by atoms with Crippen LogP contribution in [-0.4, -0.2) is 4.57 Å². The van der Waals surface area contributed by atoms with Crippen molar-refractivity contribution in [2.45, 2.75) is 12.8 Å². The highest BCUT2D eigenvalue weighted by molar-refractivity contribution is 6.09. The van der Waals surface area contributed by atoms with Crippen LogP contribution in [0.4, 0.5) is 17.1 Å². The third kappa shape index (κ3) is 5.51. The van der Waals surface area contributed by atoms with Crippen molar-refractivity contribution in [1.29, 1.82) is 0 Å². The molecule has 0 spiro atoms. The Kier molecular flexibility index (Phi) is 7.68. The van der Waals surface area contributed by atoms with Crippen LogP contribution >= 0.6 is 0 Å². The maximum atomic E-state index is 2.37. The number of allylic oxidation sites excluding steroid dienone is 4. The number of nitrogens with zero attached hydrogens (tertiary/aromatic N) is 2. The van der Waals surface area contributed by atoms with Crippen molar-refractivity contribution in [3.8, 4) is 27.9 Å². The summed E-state index contributed by atoms with van der Waals surface area (Å²) in [5.74, 6) is 0. The van der Waals surface area contributed by atoms with Crippen molar-refractivity contribution in [2.75, 3.05) is 4.90 Å². The van der Waals surface area contributed by atoms with Crippen LogP contribution in [-0.2, 0) is 0 Å². The first-order valence-electron chi connectivity index (χ1n) is 17.4. The van der Waals surface area contributed by atoms with Gasteiger partial charge in [-0.05, 0) is 107 Å². The van der Waals surface area contributed by atoms with Crippen LogP contribution in [0.15, 0.2) is 194 Å². The number of rotatable bonds is 7. The predicted octanol–water partition coefficient (Wildman–Crippen LogP) is 13.3. The first-order valence-corrected chi connectivity index (χ1v) is 17.4. The van der Waals surface area contributed by atoms with E-state index >= 15 is 0 Å². The number of para-hydroxylation sites is 2. The second kappa shape index (κ2) is 12.9. The molecule has 1 aliphatic carbocycles. The molecule has 0 fully saturated rings. The predicted molar refractivity (Wildman–Crippen MR) is 213 cm³/mol. The van der Waals surface area contributed by atoms with Crippen LogP contribution < -0.4 is 4.90 Å². The van der Waals surface area contributed by atoms with Gasteiger partial charge in [0, 0.05) is 33.5 Å². The fourth-order valence-electron chi connectivity index (χ4n) is 7.36. The summed E-state index contributed by atoms with van der Waals surface area (Å²) >= 11 is 0. The number of aromatic nitrogens is 1. The third-order valence-corrected chi connectivity index (χ3v) is 9.91. The van der Waals surface area contributed by atoms with Crippen molar-refractivity contribution < 1.29 is 0 Å². The Morgan fingerprint density at radius 1 is 0.400 bits per heavy atom. The molecule has 0 N–H and O–H groups in total. The minimum atomic E-state index is 1.08. The lowest BCUT2D eigenvalue weighted by Gasteiger charge is -2.26. The van der Waals surface area contributed by atoms with Crippen molar-refractivity contribution in [3.63, 3.8) is 0 Å². The van der Waals surface area contributed by atoms with E-state index in [0.29, 0.717) is 0 Å². The maximum Gasteiger partial charge on any atom is 0.0541 e. The summed E-state index contributed by atoms with van der Waals surface area (Å²) in [4.78, 5) is 2.35. The molecule has 7 aromatic carbocycles. The minimum Gasteiger partial charge on any atom is -0.311 e. The molecule has 2 nitrogen and oxygen atoms in total. The van der Waals surface area contributed by atoms with E-state index in [0.717, 1.165) is 35.6 Å². The molecule has 0 saturated heterocycles. The zero-order chi connectivity index (χ0) is 33.3. The second-order valence-electron chi connectivity index (χ2n) is 12.9. The summed E-state index contributed by atoms with van der Waals surface area (Å²) in [6.45, 7) is 0. The summed E-state index contributed by atoms with van der Waals surface area (Å²) in [5, 5.41) is 2.56. The Morgan fingerprint density at radius 3 is 1.34 bits per heavy atom. The molecule has 8 aromatic rings. The number of hydrogen-bond donors (Lipinski definition) is 0. The quantitative estimate of drug-likeness (QED) is 0.168. The van der Waals surface area contributed by atoms with Crippen LogP contribution in [0.3, 0.4) is 0 Å². The molecule has 0 radical (unpaired) electrons. The Bertz CT molecular complexity index is 2430. The van der Waals surface area contributed by atoms with Gasteiger partial charge in [-0.25, -0.2) is 0 Å². The van der Waals surface area contributed by atoms with Gasteiger partial charge in [-0.3, -0.25) is 0 Å². The van der Waals surface area contributed by atoms with Crippen molar-refractivity contribution in [2.24, 2.45) is 0 Å². The van der Waals surface area contributed by atoms with E-state index in [1.54, 1.807) is 0 Å². The Labute approximate surface area is 293 Å². The molecule has 0 unspecified atom stereocenters. The van der Waals surface area contributed by atoms with Crippen LogP contribution in [0.5, 0.6) is 0 Å². The zero-order valence-corrected chi connectivity index (χ0v) is 27.8. The van der Waals surface area contributed by atoms with Gasteiger partial charge in [0.25, 0.3) is 0 Å². The zero-order valence-electron chi connectivity index (χ0n) is 27.8. The van der Waals surface area contributed by atoms with Gasteiger partial charge in [-0.2, -0.15) is 0 Å². The highest BCUT2D eigenvalue weighted by atomic mass is 15.1. The summed E-state index contributed by atoms with van der Waals surface area (Å²) in [7, 11) is 0. The molecule has 9 rings (SSSR count). The third-order valence-electron chi connectivity index (χ3n) is 9.91. The number of fused-ring (bicyclic) bond motifs is 3. The SMILES string of the molecule is C1=CCCC(c2ccc(N(c3ccc(-c4ccccc4)cc3)c3ccc(-c4ccc(-n5c6ccccc6c6ccccc65)cc4)cc3)cc2)=C1. The maximum absolute atomic E-state index is 2.37. The lowest BCUT2D eigenvalue weighted by Crippen LogP contribution is -2.10. The molecule has 0 amide bonds. The van der Waals surface area contributed by atoms with Gasteiger partial charge in [-0.15, -0.1) is 0 Å². The average Bonchev–Trinajstić information content (AvgIpc) is 3.54. The van der Waals surface area contributed by atoms with Gasteiger partial charge in [0.05, 0.1) is 11.0 Å². The van der Waals surface area contributed by atoms with E-state index in [-0.39, 0.29) is 0 Å². The number of anilines is 3. The van der Waals surface area contributed by atoms with Crippen molar-refractivity contribution in [3.05, 3.63) is 200 Å². The summed E-state index contributed by atoms with van der Waals surface area (Å²) in [6, 6.07) is 63.7. The van der Waals surface area contributed by atoms with Crippen LogP contribution in [0.2, 0.25) is 0 Å². The second-order valence-corrected chi connectivity index (χ2v) is 12.9. The molecule has 1 heterocycles. The molecule has 0 atom stereocenters. The van der Waals surface area contributed by atoms with E-state index in [1.807, 2.05) is 0 Å². The summed E-state index contributed by atoms with van der Waals surface area (Å²) < 4.78 is 2.37. The van der Waals surface area contributed by atoms with Crippen LogP contribution in [0, 0.1) is 0 Å². The lowest BCUT2D eigenvalue weighted by molar-refractivity contribution is 1.05. The molecular weight excluding hydrogens is 605 g/mol.